The highest BCUT2D eigenvalue weighted by molar-refractivity contribution is 6.13. The van der Waals surface area contributed by atoms with E-state index in [1.165, 1.54) is 24.3 Å². The number of para-hydroxylation sites is 1. The van der Waals surface area contributed by atoms with Crippen LogP contribution in [0.2, 0.25) is 0 Å². The van der Waals surface area contributed by atoms with Crippen LogP contribution >= 0.6 is 0 Å². The zero-order valence-electron chi connectivity index (χ0n) is 16.7. The molecule has 0 aliphatic rings. The molecule has 0 aliphatic carbocycles. The standard InChI is InChI=1S/C25H21FN2O2/c1-16(2)30-20-13-7-17(8-14-20)24-15-22(21-5-3-4-6-23(21)28-24)25(29)27-19-11-9-18(26)10-12-19/h3-16H,1-2H3,(H,27,29). The predicted octanol–water partition coefficient (Wildman–Crippen LogP) is 6.08. The summed E-state index contributed by atoms with van der Waals surface area (Å²) in [4.78, 5) is 17.7. The van der Waals surface area contributed by atoms with Crippen LogP contribution < -0.4 is 10.1 Å². The number of rotatable bonds is 5. The number of pyridine rings is 1. The molecule has 150 valence electrons. The van der Waals surface area contributed by atoms with Gasteiger partial charge in [-0.2, -0.15) is 0 Å². The number of nitrogens with one attached hydrogen (secondary N) is 1. The van der Waals surface area contributed by atoms with E-state index in [9.17, 15) is 9.18 Å². The monoisotopic (exact) mass is 400 g/mol. The molecule has 4 nitrogen and oxygen atoms in total. The lowest BCUT2D eigenvalue weighted by atomic mass is 10.0. The number of nitrogens with zero attached hydrogens (tertiary/aromatic N) is 1. The molecule has 1 heterocycles. The van der Waals surface area contributed by atoms with E-state index in [1.54, 1.807) is 6.07 Å². The Labute approximate surface area is 174 Å². The van der Waals surface area contributed by atoms with Gasteiger partial charge in [-0.05, 0) is 74.5 Å². The van der Waals surface area contributed by atoms with Crippen molar-refractivity contribution in [2.24, 2.45) is 0 Å². The molecule has 0 bridgehead atoms. The second-order valence-corrected chi connectivity index (χ2v) is 7.22. The molecule has 30 heavy (non-hydrogen) atoms. The lowest BCUT2D eigenvalue weighted by Crippen LogP contribution is -2.13. The Morgan fingerprint density at radius 2 is 1.67 bits per heavy atom. The van der Waals surface area contributed by atoms with Gasteiger partial charge in [-0.1, -0.05) is 18.2 Å². The van der Waals surface area contributed by atoms with Gasteiger partial charge in [0.2, 0.25) is 0 Å². The van der Waals surface area contributed by atoms with Crippen molar-refractivity contribution in [3.63, 3.8) is 0 Å². The number of carbonyl (C=O) groups excluding carboxylic acids is 1. The Bertz CT molecular complexity index is 1190. The molecule has 1 amide bonds. The third-order valence-electron chi connectivity index (χ3n) is 4.58. The molecule has 0 saturated carbocycles. The molecule has 4 rings (SSSR count). The average molecular weight is 400 g/mol. The third-order valence-corrected chi connectivity index (χ3v) is 4.58. The number of benzene rings is 3. The molecule has 1 N–H and O–H groups in total. The van der Waals surface area contributed by atoms with Gasteiger partial charge in [0, 0.05) is 16.6 Å². The molecular weight excluding hydrogens is 379 g/mol. The highest BCUT2D eigenvalue weighted by atomic mass is 19.1. The molecular formula is C25H21FN2O2. The number of fused-ring (bicyclic) bond motifs is 1. The molecule has 0 radical (unpaired) electrons. The first-order valence-corrected chi connectivity index (χ1v) is 9.73. The number of halogens is 1. The second-order valence-electron chi connectivity index (χ2n) is 7.22. The number of aromatic nitrogens is 1. The van der Waals surface area contributed by atoms with Gasteiger partial charge < -0.3 is 10.1 Å². The van der Waals surface area contributed by atoms with Crippen LogP contribution in [-0.2, 0) is 0 Å². The van der Waals surface area contributed by atoms with Crippen molar-refractivity contribution >= 4 is 22.5 Å². The topological polar surface area (TPSA) is 51.2 Å². The summed E-state index contributed by atoms with van der Waals surface area (Å²) in [5.74, 6) is 0.152. The van der Waals surface area contributed by atoms with Gasteiger partial charge in [-0.15, -0.1) is 0 Å². The Balaban J connectivity index is 1.72. The van der Waals surface area contributed by atoms with E-state index in [1.807, 2.05) is 62.4 Å². The van der Waals surface area contributed by atoms with Gasteiger partial charge in [-0.3, -0.25) is 4.79 Å². The first-order chi connectivity index (χ1) is 14.5. The summed E-state index contributed by atoms with van der Waals surface area (Å²) >= 11 is 0. The van der Waals surface area contributed by atoms with Crippen molar-refractivity contribution in [1.82, 2.24) is 4.98 Å². The van der Waals surface area contributed by atoms with E-state index in [2.05, 4.69) is 5.32 Å². The predicted molar refractivity (Wildman–Crippen MR) is 117 cm³/mol. The number of hydrogen-bond donors (Lipinski definition) is 1. The quantitative estimate of drug-likeness (QED) is 0.442. The van der Waals surface area contributed by atoms with Gasteiger partial charge in [0.15, 0.2) is 0 Å². The van der Waals surface area contributed by atoms with Crippen LogP contribution in [-0.4, -0.2) is 17.0 Å². The summed E-state index contributed by atoms with van der Waals surface area (Å²) in [6.07, 6.45) is 0.0939. The van der Waals surface area contributed by atoms with Gasteiger partial charge >= 0.3 is 0 Å². The fourth-order valence-corrected chi connectivity index (χ4v) is 3.22. The van der Waals surface area contributed by atoms with Crippen molar-refractivity contribution < 1.29 is 13.9 Å². The first kappa shape index (κ1) is 19.6. The molecule has 1 aromatic heterocycles. The van der Waals surface area contributed by atoms with E-state index in [-0.39, 0.29) is 17.8 Å². The summed E-state index contributed by atoms with van der Waals surface area (Å²) < 4.78 is 18.9. The minimum absolute atomic E-state index is 0.0939. The van der Waals surface area contributed by atoms with E-state index in [0.29, 0.717) is 16.9 Å². The number of amides is 1. The minimum Gasteiger partial charge on any atom is -0.491 e. The van der Waals surface area contributed by atoms with E-state index >= 15 is 0 Å². The SMILES string of the molecule is CC(C)Oc1ccc(-c2cc(C(=O)Nc3ccc(F)cc3)c3ccccc3n2)cc1. The highest BCUT2D eigenvalue weighted by Gasteiger charge is 2.14. The van der Waals surface area contributed by atoms with Crippen LogP contribution in [0.25, 0.3) is 22.2 Å². The van der Waals surface area contributed by atoms with Crippen molar-refractivity contribution in [2.75, 3.05) is 5.32 Å². The largest absolute Gasteiger partial charge is 0.491 e. The zero-order valence-corrected chi connectivity index (χ0v) is 16.7. The van der Waals surface area contributed by atoms with Gasteiger partial charge in [0.25, 0.3) is 5.91 Å². The highest BCUT2D eigenvalue weighted by Crippen LogP contribution is 2.27. The fourth-order valence-electron chi connectivity index (χ4n) is 3.22. The lowest BCUT2D eigenvalue weighted by molar-refractivity contribution is 0.102. The lowest BCUT2D eigenvalue weighted by Gasteiger charge is -2.12. The van der Waals surface area contributed by atoms with Crippen LogP contribution in [0.15, 0.2) is 78.9 Å². The maximum Gasteiger partial charge on any atom is 0.256 e. The Morgan fingerprint density at radius 3 is 2.37 bits per heavy atom. The van der Waals surface area contributed by atoms with E-state index in [0.717, 1.165) is 22.2 Å². The fraction of sp³-hybridized carbons (Fsp3) is 0.120. The second kappa shape index (κ2) is 8.33. The third kappa shape index (κ3) is 4.30. The Morgan fingerprint density at radius 1 is 0.967 bits per heavy atom. The molecule has 3 aromatic carbocycles. The summed E-state index contributed by atoms with van der Waals surface area (Å²) in [5, 5.41) is 3.58. The maximum absolute atomic E-state index is 13.2. The Hall–Kier alpha value is -3.73. The molecule has 0 spiro atoms. The van der Waals surface area contributed by atoms with Crippen LogP contribution in [0.5, 0.6) is 5.75 Å². The van der Waals surface area contributed by atoms with E-state index in [4.69, 9.17) is 9.72 Å². The maximum atomic E-state index is 13.2. The molecule has 0 saturated heterocycles. The summed E-state index contributed by atoms with van der Waals surface area (Å²) in [5.41, 5.74) is 3.32. The first-order valence-electron chi connectivity index (χ1n) is 9.73. The van der Waals surface area contributed by atoms with Crippen LogP contribution in [0.1, 0.15) is 24.2 Å². The molecule has 0 fully saturated rings. The number of anilines is 1. The Kier molecular flexibility index (Phi) is 5.44. The van der Waals surface area contributed by atoms with Crippen molar-refractivity contribution in [1.29, 1.82) is 0 Å². The van der Waals surface area contributed by atoms with Gasteiger partial charge in [-0.25, -0.2) is 9.37 Å². The average Bonchev–Trinajstić information content (AvgIpc) is 2.74. The van der Waals surface area contributed by atoms with Crippen molar-refractivity contribution in [3.8, 4) is 17.0 Å². The van der Waals surface area contributed by atoms with Gasteiger partial charge in [0.1, 0.15) is 11.6 Å². The zero-order chi connectivity index (χ0) is 21.1. The molecule has 0 aliphatic heterocycles. The van der Waals surface area contributed by atoms with Crippen LogP contribution in [0, 0.1) is 5.82 Å². The molecule has 0 unspecified atom stereocenters. The molecule has 4 aromatic rings. The van der Waals surface area contributed by atoms with Crippen LogP contribution in [0.3, 0.4) is 0 Å². The molecule has 0 atom stereocenters. The summed E-state index contributed by atoms with van der Waals surface area (Å²) in [7, 11) is 0. The van der Waals surface area contributed by atoms with Crippen molar-refractivity contribution in [2.45, 2.75) is 20.0 Å². The number of hydrogen-bond acceptors (Lipinski definition) is 3. The number of ether oxygens (including phenoxy) is 1. The molecule has 5 heteroatoms. The normalized spacial score (nSPS) is 10.9. The summed E-state index contributed by atoms with van der Waals surface area (Å²) in [6.45, 7) is 3.95. The van der Waals surface area contributed by atoms with E-state index < -0.39 is 0 Å². The summed E-state index contributed by atoms with van der Waals surface area (Å²) in [6, 6.07) is 22.6. The van der Waals surface area contributed by atoms with Crippen molar-refractivity contribution in [3.05, 3.63) is 90.2 Å². The smallest absolute Gasteiger partial charge is 0.256 e. The number of carbonyl (C=O) groups is 1. The van der Waals surface area contributed by atoms with Crippen LogP contribution in [0.4, 0.5) is 10.1 Å². The van der Waals surface area contributed by atoms with Gasteiger partial charge in [0.05, 0.1) is 22.9 Å². The minimum atomic E-state index is -0.352.